The van der Waals surface area contributed by atoms with E-state index >= 15 is 0 Å². The molecule has 3 nitrogen and oxygen atoms in total. The second kappa shape index (κ2) is 16.6. The maximum Gasteiger partial charge on any atom is 0.0991 e. The molecule has 12 rings (SSSR count). The molecule has 0 aliphatic rings. The number of aryl methyl sites for hydroxylation is 5. The largest absolute Gasteiger partial charge is 0.307 e. The minimum absolute atomic E-state index is 0.637. The van der Waals surface area contributed by atoms with Gasteiger partial charge in [-0.2, -0.15) is 5.26 Å². The molecule has 10 aromatic carbocycles. The van der Waals surface area contributed by atoms with Crippen molar-refractivity contribution in [2.24, 2.45) is 0 Å². The van der Waals surface area contributed by atoms with Crippen molar-refractivity contribution in [3.63, 3.8) is 0 Å². The van der Waals surface area contributed by atoms with Gasteiger partial charge < -0.3 is 9.13 Å². The highest BCUT2D eigenvalue weighted by Crippen LogP contribution is 2.44. The molecule has 0 fully saturated rings. The van der Waals surface area contributed by atoms with E-state index in [2.05, 4.69) is 238 Å². The summed E-state index contributed by atoms with van der Waals surface area (Å²) in [6, 6.07) is 77.8. The molecule has 0 atom stereocenters. The number of hydrogen-bond acceptors (Lipinski definition) is 1. The Morgan fingerprint density at radius 3 is 0.971 bits per heavy atom. The first kappa shape index (κ1) is 41.7. The molecular weight excluding hydrogens is 835 g/mol. The van der Waals surface area contributed by atoms with Crippen molar-refractivity contribution < 1.29 is 0 Å². The SMILES string of the molecule is Cc1ccccc1-c1ccc2c(c1)c1cc(-c3ccccc3C)ccc1n2-c1cc(C)c(-c2cccc(C#N)c2)cc1-n1c2ccc(-c3ccccc3C)cc2c2cc(-c3ccccc3C)ccc21. The highest BCUT2D eigenvalue weighted by Gasteiger charge is 2.24. The van der Waals surface area contributed by atoms with Crippen molar-refractivity contribution >= 4 is 43.6 Å². The summed E-state index contributed by atoms with van der Waals surface area (Å²) in [5, 5.41) is 14.9. The monoisotopic (exact) mass is 883 g/mol. The van der Waals surface area contributed by atoms with Gasteiger partial charge in [0.15, 0.2) is 0 Å². The fraction of sp³-hybridized carbons (Fsp3) is 0.0758. The Bertz CT molecular complexity index is 3890. The van der Waals surface area contributed by atoms with Gasteiger partial charge in [-0.25, -0.2) is 0 Å². The topological polar surface area (TPSA) is 33.6 Å². The lowest BCUT2D eigenvalue weighted by atomic mass is 9.97. The quantitative estimate of drug-likeness (QED) is 0.157. The zero-order valence-electron chi connectivity index (χ0n) is 39.5. The van der Waals surface area contributed by atoms with E-state index in [9.17, 15) is 5.26 Å². The van der Waals surface area contributed by atoms with Crippen LogP contribution >= 0.6 is 0 Å². The molecular formula is C66H49N3. The second-order valence-corrected chi connectivity index (χ2v) is 18.7. The van der Waals surface area contributed by atoms with Crippen LogP contribution in [0.1, 0.15) is 33.4 Å². The van der Waals surface area contributed by atoms with Gasteiger partial charge in [-0.05, 0) is 191 Å². The van der Waals surface area contributed by atoms with Crippen LogP contribution in [0.2, 0.25) is 0 Å². The highest BCUT2D eigenvalue weighted by molar-refractivity contribution is 6.14. The van der Waals surface area contributed by atoms with Crippen molar-refractivity contribution in [2.45, 2.75) is 34.6 Å². The second-order valence-electron chi connectivity index (χ2n) is 18.7. The Hall–Kier alpha value is -8.71. The minimum Gasteiger partial charge on any atom is -0.307 e. The van der Waals surface area contributed by atoms with Crippen LogP contribution in [0, 0.1) is 45.9 Å². The van der Waals surface area contributed by atoms with Crippen molar-refractivity contribution in [3.05, 3.63) is 240 Å². The van der Waals surface area contributed by atoms with Crippen LogP contribution in [0.4, 0.5) is 0 Å². The van der Waals surface area contributed by atoms with E-state index < -0.39 is 0 Å². The van der Waals surface area contributed by atoms with Gasteiger partial charge in [0.05, 0.1) is 45.1 Å². The first-order valence-corrected chi connectivity index (χ1v) is 23.8. The van der Waals surface area contributed by atoms with Gasteiger partial charge in [-0.15, -0.1) is 0 Å². The summed E-state index contributed by atoms with van der Waals surface area (Å²) in [6.07, 6.45) is 0. The summed E-state index contributed by atoms with van der Waals surface area (Å²) < 4.78 is 4.98. The fourth-order valence-electron chi connectivity index (χ4n) is 10.9. The van der Waals surface area contributed by atoms with E-state index in [0.29, 0.717) is 5.56 Å². The molecule has 69 heavy (non-hydrogen) atoms. The van der Waals surface area contributed by atoms with Crippen molar-refractivity contribution in [2.75, 3.05) is 0 Å². The Morgan fingerprint density at radius 2 is 0.623 bits per heavy atom. The molecule has 0 saturated carbocycles. The number of nitrogens with zero attached hydrogens (tertiary/aromatic N) is 3. The summed E-state index contributed by atoms with van der Waals surface area (Å²) >= 11 is 0. The summed E-state index contributed by atoms with van der Waals surface area (Å²) in [4.78, 5) is 0. The van der Waals surface area contributed by atoms with Crippen LogP contribution in [0.5, 0.6) is 0 Å². The van der Waals surface area contributed by atoms with E-state index in [1.54, 1.807) is 0 Å². The summed E-state index contributed by atoms with van der Waals surface area (Å²) in [5.41, 5.74) is 25.2. The summed E-state index contributed by atoms with van der Waals surface area (Å²) in [6.45, 7) is 11.0. The average molecular weight is 884 g/mol. The van der Waals surface area contributed by atoms with Crippen LogP contribution in [-0.2, 0) is 0 Å². The number of fused-ring (bicyclic) bond motifs is 6. The van der Waals surface area contributed by atoms with Crippen molar-refractivity contribution in [1.82, 2.24) is 9.13 Å². The molecule has 0 N–H and O–H groups in total. The molecule has 0 spiro atoms. The Kier molecular flexibility index (Phi) is 10.0. The lowest BCUT2D eigenvalue weighted by Gasteiger charge is -2.20. The van der Waals surface area contributed by atoms with Gasteiger partial charge in [0.25, 0.3) is 0 Å². The molecule has 2 aromatic heterocycles. The number of benzene rings is 10. The third-order valence-corrected chi connectivity index (χ3v) is 14.5. The maximum atomic E-state index is 10.1. The molecule has 0 aliphatic heterocycles. The summed E-state index contributed by atoms with van der Waals surface area (Å²) in [7, 11) is 0. The molecule has 12 aromatic rings. The molecule has 0 bridgehead atoms. The van der Waals surface area contributed by atoms with Gasteiger partial charge in [0.2, 0.25) is 0 Å². The minimum atomic E-state index is 0.637. The molecule has 0 saturated heterocycles. The Labute approximate surface area is 403 Å². The lowest BCUT2D eigenvalue weighted by Crippen LogP contribution is -2.05. The van der Waals surface area contributed by atoms with Gasteiger partial charge in [0, 0.05) is 21.5 Å². The van der Waals surface area contributed by atoms with Crippen molar-refractivity contribution in [3.8, 4) is 73.1 Å². The van der Waals surface area contributed by atoms with Crippen LogP contribution in [0.3, 0.4) is 0 Å². The van der Waals surface area contributed by atoms with E-state index in [4.69, 9.17) is 0 Å². The Balaban J connectivity index is 1.21. The van der Waals surface area contributed by atoms with Gasteiger partial charge >= 0.3 is 0 Å². The predicted molar refractivity (Wildman–Crippen MR) is 291 cm³/mol. The first-order valence-electron chi connectivity index (χ1n) is 23.8. The van der Waals surface area contributed by atoms with Crippen LogP contribution in [0.25, 0.3) is 111 Å². The molecule has 0 unspecified atom stereocenters. The number of rotatable bonds is 7. The maximum absolute atomic E-state index is 10.1. The average Bonchev–Trinajstić information content (AvgIpc) is 3.88. The first-order chi connectivity index (χ1) is 33.7. The van der Waals surface area contributed by atoms with Gasteiger partial charge in [-0.3, -0.25) is 0 Å². The van der Waals surface area contributed by atoms with Crippen LogP contribution in [-0.4, -0.2) is 9.13 Å². The lowest BCUT2D eigenvalue weighted by molar-refractivity contribution is 1.09. The molecule has 0 amide bonds. The van der Waals surface area contributed by atoms with E-state index in [-0.39, 0.29) is 0 Å². The van der Waals surface area contributed by atoms with Crippen molar-refractivity contribution in [1.29, 1.82) is 5.26 Å². The molecule has 0 aliphatic carbocycles. The molecule has 0 radical (unpaired) electrons. The smallest absolute Gasteiger partial charge is 0.0991 e. The van der Waals surface area contributed by atoms with E-state index in [1.165, 1.54) is 88.3 Å². The predicted octanol–water partition coefficient (Wildman–Crippen LogP) is 17.6. The van der Waals surface area contributed by atoms with Gasteiger partial charge in [0.1, 0.15) is 0 Å². The normalized spacial score (nSPS) is 11.5. The molecule has 2 heterocycles. The van der Waals surface area contributed by atoms with Crippen LogP contribution in [0.15, 0.2) is 206 Å². The van der Waals surface area contributed by atoms with E-state index in [0.717, 1.165) is 50.1 Å². The third-order valence-electron chi connectivity index (χ3n) is 14.5. The standard InChI is InChI=1S/C66H49N3/c1-41-15-6-10-21-52(41)48-25-29-61-57(35-48)58-36-49(53-22-11-7-16-42(53)2)26-30-62(58)68(61)65-33-45(5)56(47-20-14-19-46(34-47)40-67)39-66(65)69-63-31-27-50(54-23-12-8-17-43(54)3)37-59(63)60-38-51(28-32-64(60)69)55-24-13-9-18-44(55)4/h6-39H,1-5H3. The van der Waals surface area contributed by atoms with Crippen LogP contribution < -0.4 is 0 Å². The molecule has 328 valence electrons. The Morgan fingerprint density at radius 1 is 0.290 bits per heavy atom. The third kappa shape index (κ3) is 6.95. The summed E-state index contributed by atoms with van der Waals surface area (Å²) in [5.74, 6) is 0. The molecule has 3 heteroatoms. The van der Waals surface area contributed by atoms with Gasteiger partial charge in [-0.1, -0.05) is 133 Å². The number of nitriles is 1. The number of hydrogen-bond donors (Lipinski definition) is 0. The number of aromatic nitrogens is 2. The van der Waals surface area contributed by atoms with E-state index in [1.807, 2.05) is 18.2 Å². The zero-order chi connectivity index (χ0) is 46.9. The zero-order valence-corrected chi connectivity index (χ0v) is 39.5. The fourth-order valence-corrected chi connectivity index (χ4v) is 10.9. The highest BCUT2D eigenvalue weighted by atomic mass is 15.1.